The second-order valence-electron chi connectivity index (χ2n) is 9.32. The molecule has 170 valence electrons. The Labute approximate surface area is 195 Å². The number of amides is 1. The smallest absolute Gasteiger partial charge is 0.224 e. The molecule has 1 N–H and O–H groups in total. The molecule has 0 bridgehead atoms. The van der Waals surface area contributed by atoms with Gasteiger partial charge >= 0.3 is 0 Å². The molecule has 0 radical (unpaired) electrons. The molecule has 0 aliphatic carbocycles. The van der Waals surface area contributed by atoms with Crippen LogP contribution in [0.2, 0.25) is 0 Å². The maximum Gasteiger partial charge on any atom is 0.224 e. The van der Waals surface area contributed by atoms with Crippen molar-refractivity contribution in [3.05, 3.63) is 83.2 Å². The van der Waals surface area contributed by atoms with Crippen LogP contribution in [0.5, 0.6) is 0 Å². The van der Waals surface area contributed by atoms with E-state index >= 15 is 0 Å². The van der Waals surface area contributed by atoms with Crippen LogP contribution < -0.4 is 5.32 Å². The molecular formula is C28H30FN3O. The van der Waals surface area contributed by atoms with E-state index in [-0.39, 0.29) is 29.1 Å². The van der Waals surface area contributed by atoms with Crippen LogP contribution in [-0.4, -0.2) is 30.9 Å². The lowest BCUT2D eigenvalue weighted by Gasteiger charge is -2.45. The maximum absolute atomic E-state index is 13.6. The monoisotopic (exact) mass is 443 g/mol. The molecular weight excluding hydrogens is 413 g/mol. The Hall–Kier alpha value is -3.23. The van der Waals surface area contributed by atoms with Crippen molar-refractivity contribution >= 4 is 16.7 Å². The van der Waals surface area contributed by atoms with Crippen LogP contribution >= 0.6 is 0 Å². The minimum Gasteiger partial charge on any atom is -0.349 e. The maximum atomic E-state index is 13.6. The molecule has 0 spiro atoms. The van der Waals surface area contributed by atoms with E-state index in [2.05, 4.69) is 23.3 Å². The largest absolute Gasteiger partial charge is 0.349 e. The van der Waals surface area contributed by atoms with E-state index in [1.807, 2.05) is 62.4 Å². The Morgan fingerprint density at radius 3 is 2.42 bits per heavy atom. The number of benzene rings is 3. The summed E-state index contributed by atoms with van der Waals surface area (Å²) in [4.78, 5) is 15.9. The van der Waals surface area contributed by atoms with Crippen molar-refractivity contribution in [1.29, 1.82) is 5.26 Å². The van der Waals surface area contributed by atoms with E-state index in [0.717, 1.165) is 47.8 Å². The highest BCUT2D eigenvalue weighted by Crippen LogP contribution is 2.42. The van der Waals surface area contributed by atoms with E-state index in [1.165, 1.54) is 12.1 Å². The normalized spacial score (nSPS) is 17.8. The van der Waals surface area contributed by atoms with Crippen LogP contribution in [0.3, 0.4) is 0 Å². The summed E-state index contributed by atoms with van der Waals surface area (Å²) >= 11 is 0. The van der Waals surface area contributed by atoms with Gasteiger partial charge in [0.15, 0.2) is 0 Å². The third-order valence-electron chi connectivity index (χ3n) is 7.37. The first-order valence-corrected chi connectivity index (χ1v) is 11.5. The van der Waals surface area contributed by atoms with E-state index in [1.54, 1.807) is 0 Å². The summed E-state index contributed by atoms with van der Waals surface area (Å²) in [5.41, 5.74) is 2.19. The van der Waals surface area contributed by atoms with Gasteiger partial charge in [0.05, 0.1) is 17.7 Å². The summed E-state index contributed by atoms with van der Waals surface area (Å²) < 4.78 is 13.6. The van der Waals surface area contributed by atoms with Gasteiger partial charge in [-0.2, -0.15) is 5.26 Å². The van der Waals surface area contributed by atoms with Gasteiger partial charge in [0, 0.05) is 11.3 Å². The Morgan fingerprint density at radius 2 is 1.76 bits per heavy atom. The minimum atomic E-state index is -0.347. The van der Waals surface area contributed by atoms with E-state index in [0.29, 0.717) is 5.56 Å². The number of nitrogens with zero attached hydrogens (tertiary/aromatic N) is 2. The number of piperidine rings is 1. The number of likely N-dealkylation sites (tertiary alicyclic amines) is 1. The van der Waals surface area contributed by atoms with Crippen molar-refractivity contribution in [1.82, 2.24) is 10.2 Å². The predicted molar refractivity (Wildman–Crippen MR) is 129 cm³/mol. The third-order valence-corrected chi connectivity index (χ3v) is 7.37. The van der Waals surface area contributed by atoms with E-state index in [4.69, 9.17) is 0 Å². The van der Waals surface area contributed by atoms with Gasteiger partial charge in [0.25, 0.3) is 0 Å². The number of rotatable bonds is 5. The van der Waals surface area contributed by atoms with Crippen molar-refractivity contribution < 1.29 is 9.18 Å². The first-order valence-electron chi connectivity index (χ1n) is 11.5. The number of nitriles is 1. The van der Waals surface area contributed by atoms with Crippen molar-refractivity contribution in [2.75, 3.05) is 20.1 Å². The molecule has 1 saturated heterocycles. The van der Waals surface area contributed by atoms with Gasteiger partial charge < -0.3 is 10.2 Å². The standard InChI is InChI=1S/C28H30FN3O/c1-19(28(12-14-32(3)15-13-28)23-8-10-24(29)11-9-23)27(33)31-20(2)26-17-21(18-30)16-22-6-4-5-7-25(22)26/h4-11,16-17,19-20H,12-15H2,1-3H3,(H,31,33). The zero-order chi connectivity index (χ0) is 23.6. The van der Waals surface area contributed by atoms with Gasteiger partial charge in [0.1, 0.15) is 5.82 Å². The Morgan fingerprint density at radius 1 is 1.09 bits per heavy atom. The predicted octanol–water partition coefficient (Wildman–Crippen LogP) is 5.33. The molecule has 3 aromatic rings. The average molecular weight is 444 g/mol. The topological polar surface area (TPSA) is 56.1 Å². The lowest BCUT2D eigenvalue weighted by atomic mass is 9.64. The van der Waals surface area contributed by atoms with Crippen LogP contribution in [0.25, 0.3) is 10.8 Å². The number of carbonyl (C=O) groups excluding carboxylic acids is 1. The third kappa shape index (κ3) is 4.49. The van der Waals surface area contributed by atoms with Crippen molar-refractivity contribution in [2.24, 2.45) is 5.92 Å². The van der Waals surface area contributed by atoms with Crippen LogP contribution in [0.15, 0.2) is 60.7 Å². The highest BCUT2D eigenvalue weighted by Gasteiger charge is 2.43. The lowest BCUT2D eigenvalue weighted by Crippen LogP contribution is -2.50. The van der Waals surface area contributed by atoms with E-state index in [9.17, 15) is 14.4 Å². The van der Waals surface area contributed by atoms with Gasteiger partial charge in [-0.25, -0.2) is 4.39 Å². The van der Waals surface area contributed by atoms with Gasteiger partial charge in [-0.1, -0.05) is 43.3 Å². The second-order valence-corrected chi connectivity index (χ2v) is 9.32. The number of carbonyl (C=O) groups is 1. The highest BCUT2D eigenvalue weighted by atomic mass is 19.1. The van der Waals surface area contributed by atoms with Crippen molar-refractivity contribution in [3.63, 3.8) is 0 Å². The Balaban J connectivity index is 1.64. The number of halogens is 1. The molecule has 0 aromatic heterocycles. The fourth-order valence-electron chi connectivity index (χ4n) is 5.20. The fraction of sp³-hybridized carbons (Fsp3) is 0.357. The van der Waals surface area contributed by atoms with Crippen molar-refractivity contribution in [2.45, 2.75) is 38.1 Å². The van der Waals surface area contributed by atoms with Crippen LogP contribution in [0, 0.1) is 23.1 Å². The molecule has 4 nitrogen and oxygen atoms in total. The highest BCUT2D eigenvalue weighted by molar-refractivity contribution is 5.88. The van der Waals surface area contributed by atoms with Gasteiger partial charge in [-0.05, 0) is 86.1 Å². The van der Waals surface area contributed by atoms with E-state index < -0.39 is 0 Å². The summed E-state index contributed by atoms with van der Waals surface area (Å²) in [7, 11) is 2.09. The van der Waals surface area contributed by atoms with Crippen LogP contribution in [-0.2, 0) is 10.2 Å². The number of hydrogen-bond donors (Lipinski definition) is 1. The number of nitrogens with one attached hydrogen (secondary N) is 1. The summed E-state index contributed by atoms with van der Waals surface area (Å²) in [6, 6.07) is 20.3. The average Bonchev–Trinajstić information content (AvgIpc) is 2.84. The van der Waals surface area contributed by atoms with Crippen LogP contribution in [0.4, 0.5) is 4.39 Å². The molecule has 1 aliphatic rings. The minimum absolute atomic E-state index is 0.0252. The molecule has 3 aromatic carbocycles. The molecule has 2 unspecified atom stereocenters. The zero-order valence-electron chi connectivity index (χ0n) is 19.4. The SMILES string of the molecule is CC(NC(=O)C(C)C1(c2ccc(F)cc2)CCN(C)CC1)c1cc(C#N)cc2ccccc12. The Bertz CT molecular complexity index is 1190. The molecule has 1 aliphatic heterocycles. The quantitative estimate of drug-likeness (QED) is 0.580. The molecule has 1 heterocycles. The molecule has 0 saturated carbocycles. The van der Waals surface area contributed by atoms with Gasteiger partial charge in [-0.3, -0.25) is 4.79 Å². The lowest BCUT2D eigenvalue weighted by molar-refractivity contribution is -0.128. The summed E-state index contributed by atoms with van der Waals surface area (Å²) in [6.07, 6.45) is 1.68. The van der Waals surface area contributed by atoms with Gasteiger partial charge in [0.2, 0.25) is 5.91 Å². The molecule has 33 heavy (non-hydrogen) atoms. The molecule has 5 heteroatoms. The molecule has 2 atom stereocenters. The summed E-state index contributed by atoms with van der Waals surface area (Å²) in [5.74, 6) is -0.579. The Kier molecular flexibility index (Phi) is 6.49. The number of hydrogen-bond acceptors (Lipinski definition) is 3. The molecule has 1 amide bonds. The number of fused-ring (bicyclic) bond motifs is 1. The van der Waals surface area contributed by atoms with Crippen LogP contribution in [0.1, 0.15) is 49.4 Å². The molecule has 4 rings (SSSR count). The summed E-state index contributed by atoms with van der Waals surface area (Å²) in [5, 5.41) is 14.7. The molecule has 1 fully saturated rings. The van der Waals surface area contributed by atoms with Crippen molar-refractivity contribution in [3.8, 4) is 6.07 Å². The second kappa shape index (κ2) is 9.33. The van der Waals surface area contributed by atoms with Gasteiger partial charge in [-0.15, -0.1) is 0 Å². The fourth-order valence-corrected chi connectivity index (χ4v) is 5.20. The first-order chi connectivity index (χ1) is 15.8. The summed E-state index contributed by atoms with van der Waals surface area (Å²) in [6.45, 7) is 5.73. The first kappa shape index (κ1) is 22.9. The zero-order valence-corrected chi connectivity index (χ0v) is 19.4.